The summed E-state index contributed by atoms with van der Waals surface area (Å²) in [5.41, 5.74) is 1.18. The Labute approximate surface area is 85.3 Å². The van der Waals surface area contributed by atoms with Gasteiger partial charge in [-0.05, 0) is 31.0 Å². The van der Waals surface area contributed by atoms with E-state index in [1.54, 1.807) is 26.0 Å². The molecule has 82 valence electrons. The molecule has 0 aliphatic carbocycles. The Kier molecular flexibility index (Phi) is 2.93. The molecule has 0 amide bonds. The average Bonchev–Trinajstić information content (AvgIpc) is 2.10. The summed E-state index contributed by atoms with van der Waals surface area (Å²) in [5, 5.41) is 8.19. The molecule has 1 rings (SSSR count). The van der Waals surface area contributed by atoms with Crippen molar-refractivity contribution in [1.82, 2.24) is 0 Å². The van der Waals surface area contributed by atoms with Crippen molar-refractivity contribution in [3.8, 4) is 5.75 Å². The van der Waals surface area contributed by atoms with E-state index in [1.165, 1.54) is 6.07 Å². The molecule has 5 heteroatoms. The van der Waals surface area contributed by atoms with E-state index in [2.05, 4.69) is 4.74 Å². The van der Waals surface area contributed by atoms with Crippen molar-refractivity contribution < 1.29 is 23.4 Å². The number of aliphatic carboxylic acids is 1. The van der Waals surface area contributed by atoms with Gasteiger partial charge in [-0.15, -0.1) is 0 Å². The molecule has 0 aromatic heterocycles. The van der Waals surface area contributed by atoms with Crippen molar-refractivity contribution in [3.05, 3.63) is 29.3 Å². The summed E-state index contributed by atoms with van der Waals surface area (Å²) in [7, 11) is 0. The third-order valence-corrected chi connectivity index (χ3v) is 1.83. The lowest BCUT2D eigenvalue weighted by Crippen LogP contribution is -2.35. The van der Waals surface area contributed by atoms with Gasteiger partial charge in [0.1, 0.15) is 5.75 Å². The van der Waals surface area contributed by atoms with Gasteiger partial charge in [-0.3, -0.25) is 0 Å². The fraction of sp³-hybridized carbons (Fsp3) is 0.300. The number of aryl methyl sites for hydroxylation is 2. The van der Waals surface area contributed by atoms with Crippen LogP contribution in [0.4, 0.5) is 8.78 Å². The van der Waals surface area contributed by atoms with E-state index in [4.69, 9.17) is 5.11 Å². The third-order valence-electron chi connectivity index (χ3n) is 1.83. The van der Waals surface area contributed by atoms with Gasteiger partial charge in [0.05, 0.1) is 0 Å². The quantitative estimate of drug-likeness (QED) is 0.843. The lowest BCUT2D eigenvalue weighted by atomic mass is 10.1. The Bertz CT molecular complexity index is 388. The molecule has 0 fully saturated rings. The number of alkyl halides is 2. The molecule has 3 nitrogen and oxygen atoms in total. The van der Waals surface area contributed by atoms with Crippen LogP contribution in [0.3, 0.4) is 0 Å². The van der Waals surface area contributed by atoms with Crippen molar-refractivity contribution in [2.45, 2.75) is 20.0 Å². The highest BCUT2D eigenvalue weighted by Gasteiger charge is 2.42. The monoisotopic (exact) mass is 216 g/mol. The summed E-state index contributed by atoms with van der Waals surface area (Å²) in [6.45, 7) is 3.26. The molecule has 1 aromatic rings. The number of rotatable bonds is 3. The Morgan fingerprint density at radius 2 is 2.00 bits per heavy atom. The number of halogens is 2. The standard InChI is InChI=1S/C10H10F2O3/c1-6-3-4-7(2)8(5-6)15-10(11,12)9(13)14/h3-5H,1-2H3,(H,13,14). The zero-order valence-electron chi connectivity index (χ0n) is 8.25. The molecule has 0 atom stereocenters. The number of benzene rings is 1. The number of carbonyl (C=O) groups is 1. The summed E-state index contributed by atoms with van der Waals surface area (Å²) in [6.07, 6.45) is -4.20. The first-order valence-corrected chi connectivity index (χ1v) is 4.20. The van der Waals surface area contributed by atoms with Crippen molar-refractivity contribution in [3.63, 3.8) is 0 Å². The summed E-state index contributed by atoms with van der Waals surface area (Å²) < 4.78 is 29.6. The Hall–Kier alpha value is -1.65. The summed E-state index contributed by atoms with van der Waals surface area (Å²) in [5.74, 6) is -2.43. The van der Waals surface area contributed by atoms with Gasteiger partial charge >= 0.3 is 12.1 Å². The first kappa shape index (κ1) is 11.4. The minimum absolute atomic E-state index is 0.123. The second kappa shape index (κ2) is 3.84. The molecule has 0 heterocycles. The highest BCUT2D eigenvalue weighted by atomic mass is 19.3. The van der Waals surface area contributed by atoms with Crippen LogP contribution >= 0.6 is 0 Å². The van der Waals surface area contributed by atoms with Crippen LogP contribution in [0.15, 0.2) is 18.2 Å². The maximum atomic E-state index is 12.7. The van der Waals surface area contributed by atoms with E-state index < -0.39 is 12.1 Å². The van der Waals surface area contributed by atoms with Gasteiger partial charge in [-0.25, -0.2) is 4.79 Å². The lowest BCUT2D eigenvalue weighted by Gasteiger charge is -2.15. The van der Waals surface area contributed by atoms with Crippen molar-refractivity contribution >= 4 is 5.97 Å². The largest absolute Gasteiger partial charge is 0.501 e. The molecule has 0 saturated heterocycles. The van der Waals surface area contributed by atoms with Gasteiger partial charge in [0.25, 0.3) is 0 Å². The highest BCUT2D eigenvalue weighted by molar-refractivity contribution is 5.74. The van der Waals surface area contributed by atoms with Crippen LogP contribution in [-0.4, -0.2) is 17.2 Å². The maximum absolute atomic E-state index is 12.7. The SMILES string of the molecule is Cc1ccc(C)c(OC(F)(F)C(=O)O)c1. The zero-order valence-corrected chi connectivity index (χ0v) is 8.25. The molecular weight excluding hydrogens is 206 g/mol. The normalized spacial score (nSPS) is 11.2. The van der Waals surface area contributed by atoms with Crippen LogP contribution in [0.25, 0.3) is 0 Å². The van der Waals surface area contributed by atoms with Gasteiger partial charge in [0.15, 0.2) is 0 Å². The first-order chi connectivity index (χ1) is 6.83. The number of hydrogen-bond donors (Lipinski definition) is 1. The van der Waals surface area contributed by atoms with Gasteiger partial charge < -0.3 is 9.84 Å². The molecule has 0 aliphatic rings. The fourth-order valence-corrected chi connectivity index (χ4v) is 0.999. The van der Waals surface area contributed by atoms with Gasteiger partial charge in [0.2, 0.25) is 0 Å². The van der Waals surface area contributed by atoms with E-state index in [0.717, 1.165) is 5.56 Å². The molecule has 15 heavy (non-hydrogen) atoms. The fourth-order valence-electron chi connectivity index (χ4n) is 0.999. The predicted molar refractivity (Wildman–Crippen MR) is 49.1 cm³/mol. The molecular formula is C10H10F2O3. The lowest BCUT2D eigenvalue weighted by molar-refractivity contribution is -0.211. The van der Waals surface area contributed by atoms with Crippen LogP contribution in [0.5, 0.6) is 5.75 Å². The minimum Gasteiger partial charge on any atom is -0.474 e. The summed E-state index contributed by atoms with van der Waals surface area (Å²) in [6, 6.07) is 4.68. The number of carboxylic acids is 1. The smallest absolute Gasteiger partial charge is 0.474 e. The third kappa shape index (κ3) is 2.65. The van der Waals surface area contributed by atoms with Crippen LogP contribution in [0.2, 0.25) is 0 Å². The summed E-state index contributed by atoms with van der Waals surface area (Å²) >= 11 is 0. The first-order valence-electron chi connectivity index (χ1n) is 4.20. The Morgan fingerprint density at radius 1 is 1.40 bits per heavy atom. The molecule has 0 spiro atoms. The van der Waals surface area contributed by atoms with Crippen molar-refractivity contribution in [2.75, 3.05) is 0 Å². The number of ether oxygens (including phenoxy) is 1. The second-order valence-electron chi connectivity index (χ2n) is 3.19. The van der Waals surface area contributed by atoms with Crippen molar-refractivity contribution in [2.24, 2.45) is 0 Å². The number of hydrogen-bond acceptors (Lipinski definition) is 2. The van der Waals surface area contributed by atoms with E-state index >= 15 is 0 Å². The minimum atomic E-state index is -4.20. The Balaban J connectivity index is 2.99. The zero-order chi connectivity index (χ0) is 11.6. The van der Waals surface area contributed by atoms with Crippen LogP contribution in [0.1, 0.15) is 11.1 Å². The van der Waals surface area contributed by atoms with Crippen LogP contribution < -0.4 is 4.74 Å². The summed E-state index contributed by atoms with van der Waals surface area (Å²) in [4.78, 5) is 10.1. The Morgan fingerprint density at radius 3 is 2.53 bits per heavy atom. The van der Waals surface area contributed by atoms with E-state index in [0.29, 0.717) is 5.56 Å². The predicted octanol–water partition coefficient (Wildman–Crippen LogP) is 2.36. The molecule has 0 aliphatic heterocycles. The maximum Gasteiger partial charge on any atom is 0.501 e. The van der Waals surface area contributed by atoms with Gasteiger partial charge in [-0.2, -0.15) is 8.78 Å². The van der Waals surface area contributed by atoms with Gasteiger partial charge in [0, 0.05) is 0 Å². The van der Waals surface area contributed by atoms with E-state index in [9.17, 15) is 13.6 Å². The topological polar surface area (TPSA) is 46.5 Å². The van der Waals surface area contributed by atoms with Gasteiger partial charge in [-0.1, -0.05) is 12.1 Å². The molecule has 0 saturated carbocycles. The van der Waals surface area contributed by atoms with E-state index in [-0.39, 0.29) is 5.75 Å². The second-order valence-corrected chi connectivity index (χ2v) is 3.19. The molecule has 0 radical (unpaired) electrons. The van der Waals surface area contributed by atoms with E-state index in [1.807, 2.05) is 0 Å². The van der Waals surface area contributed by atoms with Crippen LogP contribution in [-0.2, 0) is 4.79 Å². The molecule has 1 N–H and O–H groups in total. The molecule has 0 bridgehead atoms. The average molecular weight is 216 g/mol. The number of carboxylic acid groups (broad SMARTS) is 1. The van der Waals surface area contributed by atoms with Crippen LogP contribution in [0, 0.1) is 13.8 Å². The molecule has 0 unspecified atom stereocenters. The molecule has 1 aromatic carbocycles. The highest BCUT2D eigenvalue weighted by Crippen LogP contribution is 2.26. The van der Waals surface area contributed by atoms with Crippen molar-refractivity contribution in [1.29, 1.82) is 0 Å².